The highest BCUT2D eigenvalue weighted by Crippen LogP contribution is 2.46. The first-order valence-corrected chi connectivity index (χ1v) is 15.0. The van der Waals surface area contributed by atoms with Gasteiger partial charge in [-0.15, -0.1) is 0 Å². The van der Waals surface area contributed by atoms with Crippen LogP contribution in [0.1, 0.15) is 66.3 Å². The number of carboxylic acid groups (broad SMARTS) is 1. The molecule has 0 aliphatic carbocycles. The maximum atomic E-state index is 14.4. The number of ether oxygens (including phenoxy) is 1. The molecule has 2 unspecified atom stereocenters. The molecule has 0 radical (unpaired) electrons. The van der Waals surface area contributed by atoms with Crippen LogP contribution in [0.15, 0.2) is 64.3 Å². The van der Waals surface area contributed by atoms with Gasteiger partial charge < -0.3 is 20.1 Å². The fourth-order valence-corrected chi connectivity index (χ4v) is 5.94. The predicted octanol–water partition coefficient (Wildman–Crippen LogP) is 5.33. The summed E-state index contributed by atoms with van der Waals surface area (Å²) in [6.07, 6.45) is -0.671. The molecule has 2 aromatic carbocycles. The Hall–Kier alpha value is -4.22. The molecular formula is C31H31ClN4O6S. The molecule has 224 valence electrons. The van der Waals surface area contributed by atoms with Crippen molar-refractivity contribution in [3.8, 4) is 5.75 Å². The number of benzene rings is 2. The van der Waals surface area contributed by atoms with Crippen molar-refractivity contribution >= 4 is 52.5 Å². The Morgan fingerprint density at radius 3 is 2.49 bits per heavy atom. The summed E-state index contributed by atoms with van der Waals surface area (Å²) in [5.41, 5.74) is 1.61. The van der Waals surface area contributed by atoms with E-state index in [1.165, 1.54) is 28.4 Å². The second kappa shape index (κ2) is 12.2. The van der Waals surface area contributed by atoms with Crippen molar-refractivity contribution < 1.29 is 29.0 Å². The number of Topliss-reactive ketones (excluding diaryl/α,β-unsaturated/α-hetero) is 1. The van der Waals surface area contributed by atoms with Gasteiger partial charge in [0.25, 0.3) is 0 Å². The van der Waals surface area contributed by atoms with E-state index in [0.29, 0.717) is 29.5 Å². The molecule has 0 saturated carbocycles. The van der Waals surface area contributed by atoms with E-state index in [9.17, 15) is 24.3 Å². The molecule has 1 aromatic heterocycles. The SMILES string of the molecule is CC(C)(C)Oc1cc(C(=O)CC(=O)O)ccc1C1=NC(c2ccsc2)C(c2ccc(Cl)cc2)N1C(=O)N1CCNC(=O)C1. The number of carboxylic acids is 1. The van der Waals surface area contributed by atoms with E-state index in [0.717, 1.165) is 11.1 Å². The zero-order valence-electron chi connectivity index (χ0n) is 23.9. The molecule has 3 heterocycles. The minimum atomic E-state index is -1.24. The lowest BCUT2D eigenvalue weighted by molar-refractivity contribution is -0.136. The minimum absolute atomic E-state index is 0.104. The van der Waals surface area contributed by atoms with Gasteiger partial charge in [-0.1, -0.05) is 29.8 Å². The second-order valence-electron chi connectivity index (χ2n) is 11.3. The summed E-state index contributed by atoms with van der Waals surface area (Å²) in [5.74, 6) is -1.48. The van der Waals surface area contributed by atoms with Gasteiger partial charge in [0, 0.05) is 23.7 Å². The Labute approximate surface area is 257 Å². The van der Waals surface area contributed by atoms with Crippen molar-refractivity contribution in [1.82, 2.24) is 15.1 Å². The smallest absolute Gasteiger partial charge is 0.326 e. The molecule has 1 fully saturated rings. The maximum absolute atomic E-state index is 14.4. The molecule has 1 saturated heterocycles. The molecule has 10 nitrogen and oxygen atoms in total. The number of rotatable bonds is 7. The first-order chi connectivity index (χ1) is 20.4. The van der Waals surface area contributed by atoms with E-state index in [-0.39, 0.29) is 23.8 Å². The molecule has 3 aromatic rings. The number of hydrogen-bond donors (Lipinski definition) is 2. The number of nitrogens with zero attached hydrogens (tertiary/aromatic N) is 3. The lowest BCUT2D eigenvalue weighted by Gasteiger charge is -2.36. The first-order valence-electron chi connectivity index (χ1n) is 13.7. The van der Waals surface area contributed by atoms with Crippen LogP contribution in [0.25, 0.3) is 0 Å². The van der Waals surface area contributed by atoms with Crippen molar-refractivity contribution in [3.05, 3.63) is 86.6 Å². The summed E-state index contributed by atoms with van der Waals surface area (Å²) in [7, 11) is 0. The number of carbonyl (C=O) groups excluding carboxylic acids is 3. The number of amides is 3. The summed E-state index contributed by atoms with van der Waals surface area (Å²) >= 11 is 7.74. The number of hydrogen-bond acceptors (Lipinski definition) is 7. The summed E-state index contributed by atoms with van der Waals surface area (Å²) in [5, 5.41) is 16.4. The van der Waals surface area contributed by atoms with Crippen molar-refractivity contribution in [2.24, 2.45) is 4.99 Å². The zero-order valence-corrected chi connectivity index (χ0v) is 25.4. The van der Waals surface area contributed by atoms with Crippen LogP contribution in [0, 0.1) is 0 Å². The second-order valence-corrected chi connectivity index (χ2v) is 12.5. The fourth-order valence-electron chi connectivity index (χ4n) is 5.13. The van der Waals surface area contributed by atoms with Crippen LogP contribution in [0.3, 0.4) is 0 Å². The number of carbonyl (C=O) groups is 4. The van der Waals surface area contributed by atoms with Crippen LogP contribution < -0.4 is 10.1 Å². The normalized spacial score (nSPS) is 18.7. The van der Waals surface area contributed by atoms with Crippen LogP contribution in [0.4, 0.5) is 4.79 Å². The molecule has 2 aliphatic heterocycles. The molecule has 0 bridgehead atoms. The first kappa shape index (κ1) is 30.2. The standard InChI is InChI=1S/C31H31ClN4O6S/c1-31(2,3)42-24-14-19(23(37)15-26(39)40)6-9-22(24)29-34-27(20-10-13-43-17-20)28(18-4-7-21(32)8-5-18)36(29)30(41)35-12-11-33-25(38)16-35/h4-10,13-14,17,27-28H,11-12,15-16H2,1-3H3,(H,33,38)(H,39,40). The molecule has 43 heavy (non-hydrogen) atoms. The fraction of sp³-hybridized carbons (Fsp3) is 0.323. The van der Waals surface area contributed by atoms with Gasteiger partial charge in [0.05, 0.1) is 11.6 Å². The molecule has 12 heteroatoms. The maximum Gasteiger partial charge on any atom is 0.326 e. The molecule has 2 N–H and O–H groups in total. The molecule has 3 amide bonds. The lowest BCUT2D eigenvalue weighted by Crippen LogP contribution is -2.55. The van der Waals surface area contributed by atoms with Crippen LogP contribution in [0.5, 0.6) is 5.75 Å². The van der Waals surface area contributed by atoms with Gasteiger partial charge in [-0.25, -0.2) is 4.79 Å². The number of ketones is 1. The van der Waals surface area contributed by atoms with Gasteiger partial charge in [0.15, 0.2) is 5.78 Å². The third-order valence-corrected chi connectivity index (χ3v) is 7.90. The van der Waals surface area contributed by atoms with Crippen LogP contribution >= 0.6 is 22.9 Å². The van der Waals surface area contributed by atoms with Crippen LogP contribution in [-0.2, 0) is 9.59 Å². The largest absolute Gasteiger partial charge is 0.487 e. The number of aliphatic imine (C=N–C) groups is 1. The van der Waals surface area contributed by atoms with E-state index < -0.39 is 41.9 Å². The van der Waals surface area contributed by atoms with E-state index >= 15 is 0 Å². The average Bonchev–Trinajstić information content (AvgIpc) is 3.60. The summed E-state index contributed by atoms with van der Waals surface area (Å²) in [4.78, 5) is 58.9. The zero-order chi connectivity index (χ0) is 30.9. The summed E-state index contributed by atoms with van der Waals surface area (Å²) in [6.45, 7) is 6.08. The minimum Gasteiger partial charge on any atom is -0.487 e. The number of urea groups is 1. The summed E-state index contributed by atoms with van der Waals surface area (Å²) in [6, 6.07) is 12.3. The highest BCUT2D eigenvalue weighted by molar-refractivity contribution is 7.08. The number of aliphatic carboxylic acids is 1. The van der Waals surface area contributed by atoms with E-state index in [2.05, 4.69) is 5.32 Å². The third-order valence-electron chi connectivity index (χ3n) is 6.95. The van der Waals surface area contributed by atoms with Crippen molar-refractivity contribution in [1.29, 1.82) is 0 Å². The Morgan fingerprint density at radius 1 is 1.12 bits per heavy atom. The van der Waals surface area contributed by atoms with Crippen LogP contribution in [0.2, 0.25) is 5.02 Å². The number of amidine groups is 1. The molecular weight excluding hydrogens is 592 g/mol. The molecule has 2 atom stereocenters. The van der Waals surface area contributed by atoms with Crippen molar-refractivity contribution in [2.75, 3.05) is 19.6 Å². The number of piperazine rings is 1. The van der Waals surface area contributed by atoms with Gasteiger partial charge in [-0.3, -0.25) is 24.3 Å². The van der Waals surface area contributed by atoms with E-state index in [1.807, 2.05) is 49.7 Å². The van der Waals surface area contributed by atoms with Gasteiger partial charge in [-0.2, -0.15) is 11.3 Å². The quantitative estimate of drug-likeness (QED) is 0.271. The number of nitrogens with one attached hydrogen (secondary N) is 1. The molecule has 0 spiro atoms. The van der Waals surface area contributed by atoms with Gasteiger partial charge >= 0.3 is 12.0 Å². The number of thiophene rings is 1. The van der Waals surface area contributed by atoms with Crippen molar-refractivity contribution in [2.45, 2.75) is 44.9 Å². The third kappa shape index (κ3) is 6.73. The Kier molecular flexibility index (Phi) is 8.57. The Bertz CT molecular complexity index is 1580. The Morgan fingerprint density at radius 2 is 1.86 bits per heavy atom. The predicted molar refractivity (Wildman–Crippen MR) is 163 cm³/mol. The van der Waals surface area contributed by atoms with E-state index in [4.69, 9.17) is 21.3 Å². The van der Waals surface area contributed by atoms with Gasteiger partial charge in [-0.05, 0) is 73.0 Å². The number of halogens is 1. The highest BCUT2D eigenvalue weighted by atomic mass is 35.5. The van der Waals surface area contributed by atoms with Gasteiger partial charge in [0.2, 0.25) is 5.91 Å². The molecule has 5 rings (SSSR count). The topological polar surface area (TPSA) is 129 Å². The highest BCUT2D eigenvalue weighted by Gasteiger charge is 2.45. The van der Waals surface area contributed by atoms with E-state index in [1.54, 1.807) is 23.1 Å². The van der Waals surface area contributed by atoms with Crippen LogP contribution in [-0.4, -0.2) is 69.7 Å². The van der Waals surface area contributed by atoms with Gasteiger partial charge in [0.1, 0.15) is 36.2 Å². The Balaban J connectivity index is 1.69. The monoisotopic (exact) mass is 622 g/mol. The average molecular weight is 623 g/mol. The lowest BCUT2D eigenvalue weighted by atomic mass is 9.95. The summed E-state index contributed by atoms with van der Waals surface area (Å²) < 4.78 is 6.30. The van der Waals surface area contributed by atoms with Crippen molar-refractivity contribution in [3.63, 3.8) is 0 Å². The molecule has 2 aliphatic rings.